The Morgan fingerprint density at radius 2 is 1.88 bits per heavy atom. The number of hydrogen-bond acceptors (Lipinski definition) is 1. The number of carbonyl (C=O) groups excluding carboxylic acids is 1. The maximum Gasteiger partial charge on any atom is 0.162 e. The van der Waals surface area contributed by atoms with Crippen molar-refractivity contribution in [2.45, 2.75) is 26.2 Å². The zero-order valence-electron chi connectivity index (χ0n) is 9.87. The van der Waals surface area contributed by atoms with Gasteiger partial charge >= 0.3 is 0 Å². The van der Waals surface area contributed by atoms with E-state index in [0.717, 1.165) is 23.6 Å². The first-order valence-corrected chi connectivity index (χ1v) is 5.93. The lowest BCUT2D eigenvalue weighted by atomic mass is 10.0. The van der Waals surface area contributed by atoms with E-state index in [1.54, 1.807) is 12.1 Å². The van der Waals surface area contributed by atoms with Gasteiger partial charge in [0.05, 0.1) is 0 Å². The zero-order chi connectivity index (χ0) is 12.3. The molecule has 0 spiro atoms. The fraction of sp³-hybridized carbons (Fsp3) is 0.267. The molecule has 0 amide bonds. The first-order chi connectivity index (χ1) is 8.20. The highest BCUT2D eigenvalue weighted by molar-refractivity contribution is 5.99. The predicted octanol–water partition coefficient (Wildman–Crippen LogP) is 4.35. The van der Waals surface area contributed by atoms with E-state index in [2.05, 4.69) is 6.92 Å². The van der Waals surface area contributed by atoms with Gasteiger partial charge in [-0.2, -0.15) is 0 Å². The van der Waals surface area contributed by atoms with Gasteiger partial charge in [0.2, 0.25) is 0 Å². The molecule has 0 N–H and O–H groups in total. The van der Waals surface area contributed by atoms with Crippen LogP contribution in [-0.2, 0) is 0 Å². The van der Waals surface area contributed by atoms with E-state index in [1.807, 2.05) is 12.1 Å². The van der Waals surface area contributed by atoms with Crippen molar-refractivity contribution in [3.05, 3.63) is 47.8 Å². The summed E-state index contributed by atoms with van der Waals surface area (Å²) in [7, 11) is 0. The van der Waals surface area contributed by atoms with Crippen molar-refractivity contribution in [1.82, 2.24) is 0 Å². The molecule has 2 aromatic carbocycles. The molecule has 0 aromatic heterocycles. The average Bonchev–Trinajstić information content (AvgIpc) is 2.35. The van der Waals surface area contributed by atoms with Crippen LogP contribution in [0.2, 0.25) is 0 Å². The summed E-state index contributed by atoms with van der Waals surface area (Å²) in [6, 6.07) is 10.1. The minimum atomic E-state index is -0.268. The smallest absolute Gasteiger partial charge is 0.162 e. The van der Waals surface area contributed by atoms with Crippen molar-refractivity contribution in [2.24, 2.45) is 0 Å². The van der Waals surface area contributed by atoms with Gasteiger partial charge in [-0.1, -0.05) is 31.5 Å². The summed E-state index contributed by atoms with van der Waals surface area (Å²) >= 11 is 0. The van der Waals surface area contributed by atoms with Gasteiger partial charge in [0, 0.05) is 12.0 Å². The first-order valence-electron chi connectivity index (χ1n) is 5.93. The van der Waals surface area contributed by atoms with Crippen LogP contribution in [0.4, 0.5) is 4.39 Å². The number of benzene rings is 2. The Hall–Kier alpha value is -1.70. The van der Waals surface area contributed by atoms with Crippen LogP contribution in [0.1, 0.15) is 36.5 Å². The van der Waals surface area contributed by atoms with Crippen LogP contribution in [-0.4, -0.2) is 5.78 Å². The van der Waals surface area contributed by atoms with Crippen LogP contribution in [0.3, 0.4) is 0 Å². The monoisotopic (exact) mass is 230 g/mol. The van der Waals surface area contributed by atoms with Crippen molar-refractivity contribution >= 4 is 16.6 Å². The Morgan fingerprint density at radius 1 is 1.12 bits per heavy atom. The Labute approximate surface area is 100 Å². The van der Waals surface area contributed by atoms with E-state index in [-0.39, 0.29) is 11.6 Å². The third-order valence-corrected chi connectivity index (χ3v) is 2.88. The molecule has 1 nitrogen and oxygen atoms in total. The molecule has 17 heavy (non-hydrogen) atoms. The summed E-state index contributed by atoms with van der Waals surface area (Å²) in [6.07, 6.45) is 2.48. The molecule has 0 heterocycles. The van der Waals surface area contributed by atoms with Gasteiger partial charge in [-0.25, -0.2) is 4.39 Å². The van der Waals surface area contributed by atoms with Gasteiger partial charge in [0.15, 0.2) is 5.78 Å². The highest BCUT2D eigenvalue weighted by atomic mass is 19.1. The molecule has 0 aliphatic rings. The second kappa shape index (κ2) is 5.09. The predicted molar refractivity (Wildman–Crippen MR) is 67.8 cm³/mol. The molecule has 0 aliphatic carbocycles. The van der Waals surface area contributed by atoms with Gasteiger partial charge in [0.1, 0.15) is 5.82 Å². The van der Waals surface area contributed by atoms with E-state index in [0.29, 0.717) is 12.0 Å². The van der Waals surface area contributed by atoms with Gasteiger partial charge in [-0.05, 0) is 35.4 Å². The highest BCUT2D eigenvalue weighted by Crippen LogP contribution is 2.18. The van der Waals surface area contributed by atoms with Crippen LogP contribution >= 0.6 is 0 Å². The maximum absolute atomic E-state index is 13.1. The fourth-order valence-electron chi connectivity index (χ4n) is 1.87. The normalized spacial score (nSPS) is 10.7. The number of hydrogen-bond donors (Lipinski definition) is 0. The molecule has 2 heteroatoms. The van der Waals surface area contributed by atoms with E-state index >= 15 is 0 Å². The molecular weight excluding hydrogens is 215 g/mol. The molecule has 0 saturated heterocycles. The lowest BCUT2D eigenvalue weighted by Crippen LogP contribution is -1.98. The molecule has 2 rings (SSSR count). The molecule has 0 unspecified atom stereocenters. The Morgan fingerprint density at radius 3 is 2.65 bits per heavy atom. The number of unbranched alkanes of at least 4 members (excludes halogenated alkanes) is 1. The summed E-state index contributed by atoms with van der Waals surface area (Å²) in [6.45, 7) is 2.06. The topological polar surface area (TPSA) is 17.1 Å². The molecule has 2 aromatic rings. The molecule has 0 atom stereocenters. The number of halogens is 1. The third kappa shape index (κ3) is 2.70. The second-order valence-electron chi connectivity index (χ2n) is 4.23. The SMILES string of the molecule is CCCCC(=O)c1ccc2ccc(F)cc2c1. The van der Waals surface area contributed by atoms with E-state index in [9.17, 15) is 9.18 Å². The van der Waals surface area contributed by atoms with Crippen molar-refractivity contribution in [3.8, 4) is 0 Å². The van der Waals surface area contributed by atoms with Crippen LogP contribution < -0.4 is 0 Å². The Balaban J connectivity index is 2.33. The maximum atomic E-state index is 13.1. The number of carbonyl (C=O) groups is 1. The van der Waals surface area contributed by atoms with E-state index in [1.165, 1.54) is 12.1 Å². The van der Waals surface area contributed by atoms with Crippen LogP contribution in [0, 0.1) is 5.82 Å². The summed E-state index contributed by atoms with van der Waals surface area (Å²) in [5, 5.41) is 1.74. The molecular formula is C15H15FO. The van der Waals surface area contributed by atoms with Crippen molar-refractivity contribution in [1.29, 1.82) is 0 Å². The largest absolute Gasteiger partial charge is 0.294 e. The van der Waals surface area contributed by atoms with E-state index in [4.69, 9.17) is 0 Å². The molecule has 0 bridgehead atoms. The lowest BCUT2D eigenvalue weighted by molar-refractivity contribution is 0.0980. The summed E-state index contributed by atoms with van der Waals surface area (Å²) in [5.74, 6) is -0.131. The second-order valence-corrected chi connectivity index (χ2v) is 4.23. The van der Waals surface area contributed by atoms with Gasteiger partial charge in [-0.3, -0.25) is 4.79 Å². The summed E-state index contributed by atoms with van der Waals surface area (Å²) < 4.78 is 13.1. The number of ketones is 1. The van der Waals surface area contributed by atoms with Crippen molar-refractivity contribution in [2.75, 3.05) is 0 Å². The summed E-state index contributed by atoms with van der Waals surface area (Å²) in [4.78, 5) is 11.8. The molecule has 0 radical (unpaired) electrons. The van der Waals surface area contributed by atoms with Gasteiger partial charge in [-0.15, -0.1) is 0 Å². The molecule has 88 valence electrons. The minimum absolute atomic E-state index is 0.137. The van der Waals surface area contributed by atoms with Crippen LogP contribution in [0.15, 0.2) is 36.4 Å². The number of rotatable bonds is 4. The number of Topliss-reactive ketones (excluding diaryl/α,β-unsaturated/α-hetero) is 1. The first kappa shape index (κ1) is 11.8. The van der Waals surface area contributed by atoms with Crippen molar-refractivity contribution < 1.29 is 9.18 Å². The molecule has 0 fully saturated rings. The standard InChI is InChI=1S/C15H15FO/c1-2-3-4-15(17)12-6-5-11-7-8-14(16)10-13(11)9-12/h5-10H,2-4H2,1H3. The molecule has 0 aliphatic heterocycles. The summed E-state index contributed by atoms with van der Waals surface area (Å²) in [5.41, 5.74) is 0.677. The Bertz CT molecular complexity index is 546. The highest BCUT2D eigenvalue weighted by Gasteiger charge is 2.06. The van der Waals surface area contributed by atoms with E-state index < -0.39 is 0 Å². The average molecular weight is 230 g/mol. The van der Waals surface area contributed by atoms with Crippen molar-refractivity contribution in [3.63, 3.8) is 0 Å². The quantitative estimate of drug-likeness (QED) is 0.713. The Kier molecular flexibility index (Phi) is 3.52. The zero-order valence-corrected chi connectivity index (χ0v) is 9.87. The minimum Gasteiger partial charge on any atom is -0.294 e. The third-order valence-electron chi connectivity index (χ3n) is 2.88. The van der Waals surface area contributed by atoms with Gasteiger partial charge in [0.25, 0.3) is 0 Å². The van der Waals surface area contributed by atoms with Gasteiger partial charge < -0.3 is 0 Å². The fourth-order valence-corrected chi connectivity index (χ4v) is 1.87. The van der Waals surface area contributed by atoms with Crippen LogP contribution in [0.5, 0.6) is 0 Å². The van der Waals surface area contributed by atoms with Crippen LogP contribution in [0.25, 0.3) is 10.8 Å². The number of fused-ring (bicyclic) bond motifs is 1. The molecule has 0 saturated carbocycles. The lowest BCUT2D eigenvalue weighted by Gasteiger charge is -2.03.